The molecular weight excluding hydrogens is 256 g/mol. The van der Waals surface area contributed by atoms with Crippen LogP contribution in [0.3, 0.4) is 0 Å². The fourth-order valence-corrected chi connectivity index (χ4v) is 2.59. The summed E-state index contributed by atoms with van der Waals surface area (Å²) in [5.41, 5.74) is 3.57. The topological polar surface area (TPSA) is 63.8 Å². The molecule has 0 aromatic carbocycles. The molecule has 0 fully saturated rings. The van der Waals surface area contributed by atoms with Gasteiger partial charge < -0.3 is 5.43 Å². The highest BCUT2D eigenvalue weighted by Crippen LogP contribution is 2.29. The molecule has 0 aliphatic heterocycles. The zero-order valence-electron chi connectivity index (χ0n) is 11.8. The van der Waals surface area contributed by atoms with Gasteiger partial charge in [0.25, 0.3) is 0 Å². The van der Waals surface area contributed by atoms with Crippen LogP contribution in [-0.4, -0.2) is 9.97 Å². The van der Waals surface area contributed by atoms with Crippen LogP contribution >= 0.6 is 11.3 Å². The quantitative estimate of drug-likeness (QED) is 0.666. The first-order chi connectivity index (χ1) is 8.94. The van der Waals surface area contributed by atoms with E-state index in [0.29, 0.717) is 5.82 Å². The summed E-state index contributed by atoms with van der Waals surface area (Å²) in [5.74, 6) is 6.90. The van der Waals surface area contributed by atoms with Crippen molar-refractivity contribution in [1.82, 2.24) is 9.97 Å². The van der Waals surface area contributed by atoms with Gasteiger partial charge >= 0.3 is 0 Å². The first-order valence-electron chi connectivity index (χ1n) is 6.39. The van der Waals surface area contributed by atoms with Gasteiger partial charge in [-0.3, -0.25) is 0 Å². The van der Waals surface area contributed by atoms with Crippen LogP contribution < -0.4 is 11.3 Å². The smallest absolute Gasteiger partial charge is 0.171 e. The molecule has 0 radical (unpaired) electrons. The van der Waals surface area contributed by atoms with E-state index in [1.807, 2.05) is 6.07 Å². The fourth-order valence-electron chi connectivity index (χ4n) is 1.70. The van der Waals surface area contributed by atoms with E-state index in [2.05, 4.69) is 55.2 Å². The fraction of sp³-hybridized carbons (Fsp3) is 0.429. The number of thiophene rings is 1. The van der Waals surface area contributed by atoms with Gasteiger partial charge in [0.2, 0.25) is 0 Å². The van der Waals surface area contributed by atoms with Gasteiger partial charge in [-0.2, -0.15) is 0 Å². The number of nitrogen functional groups attached to an aromatic ring is 1. The lowest BCUT2D eigenvalue weighted by Crippen LogP contribution is -2.17. The molecule has 3 N–H and O–H groups in total. The highest BCUT2D eigenvalue weighted by atomic mass is 32.1. The Bertz CT molecular complexity index is 569. The molecule has 0 unspecified atom stereocenters. The summed E-state index contributed by atoms with van der Waals surface area (Å²) in [7, 11) is 0. The molecule has 0 saturated carbocycles. The highest BCUT2D eigenvalue weighted by molar-refractivity contribution is 7.15. The zero-order chi connectivity index (χ0) is 14.0. The van der Waals surface area contributed by atoms with E-state index in [4.69, 9.17) is 5.84 Å². The second kappa shape index (κ2) is 5.27. The van der Waals surface area contributed by atoms with Crippen molar-refractivity contribution in [3.8, 4) is 10.7 Å². The molecule has 4 nitrogen and oxygen atoms in total. The molecule has 2 heterocycles. The summed E-state index contributed by atoms with van der Waals surface area (Å²) in [6.07, 6.45) is 1.03. The maximum atomic E-state index is 5.50. The first kappa shape index (κ1) is 14.0. The van der Waals surface area contributed by atoms with Crippen molar-refractivity contribution in [2.45, 2.75) is 39.5 Å². The van der Waals surface area contributed by atoms with Gasteiger partial charge in [-0.1, -0.05) is 27.7 Å². The number of anilines is 1. The van der Waals surface area contributed by atoms with E-state index >= 15 is 0 Å². The van der Waals surface area contributed by atoms with Gasteiger partial charge in [0.15, 0.2) is 5.82 Å². The van der Waals surface area contributed by atoms with Crippen LogP contribution in [0.25, 0.3) is 10.7 Å². The standard InChI is InChI=1S/C14H20N4S/c1-5-9-6-7-10(19-9)13-16-11(14(2,3)4)8-12(17-13)18-15/h6-8H,5,15H2,1-4H3,(H,16,17,18). The molecule has 2 rings (SSSR count). The summed E-state index contributed by atoms with van der Waals surface area (Å²) in [5, 5.41) is 0. The lowest BCUT2D eigenvalue weighted by molar-refractivity contribution is 0.568. The Kier molecular flexibility index (Phi) is 3.87. The molecule has 102 valence electrons. The van der Waals surface area contributed by atoms with Crippen molar-refractivity contribution in [2.75, 3.05) is 5.43 Å². The number of nitrogens with zero attached hydrogens (tertiary/aromatic N) is 2. The van der Waals surface area contributed by atoms with E-state index in [9.17, 15) is 0 Å². The van der Waals surface area contributed by atoms with Gasteiger partial charge in [-0.25, -0.2) is 15.8 Å². The second-order valence-electron chi connectivity index (χ2n) is 5.48. The molecule has 2 aromatic heterocycles. The summed E-state index contributed by atoms with van der Waals surface area (Å²) in [6, 6.07) is 6.10. The minimum Gasteiger partial charge on any atom is -0.308 e. The molecule has 0 saturated heterocycles. The third kappa shape index (κ3) is 3.11. The average Bonchev–Trinajstić information content (AvgIpc) is 2.86. The highest BCUT2D eigenvalue weighted by Gasteiger charge is 2.18. The lowest BCUT2D eigenvalue weighted by Gasteiger charge is -2.19. The third-order valence-corrected chi connectivity index (χ3v) is 4.10. The Hall–Kier alpha value is -1.46. The lowest BCUT2D eigenvalue weighted by atomic mass is 9.92. The van der Waals surface area contributed by atoms with Crippen molar-refractivity contribution >= 4 is 17.2 Å². The van der Waals surface area contributed by atoms with Crippen molar-refractivity contribution in [1.29, 1.82) is 0 Å². The van der Waals surface area contributed by atoms with Crippen molar-refractivity contribution < 1.29 is 0 Å². The molecule has 0 aliphatic rings. The molecule has 2 aromatic rings. The van der Waals surface area contributed by atoms with E-state index in [1.54, 1.807) is 11.3 Å². The normalized spacial score (nSPS) is 11.6. The van der Waals surface area contributed by atoms with Crippen molar-refractivity contribution in [3.05, 3.63) is 28.8 Å². The molecule has 5 heteroatoms. The zero-order valence-corrected chi connectivity index (χ0v) is 12.6. The number of hydrogen-bond donors (Lipinski definition) is 2. The number of nitrogens with two attached hydrogens (primary N) is 1. The van der Waals surface area contributed by atoms with Crippen LogP contribution in [-0.2, 0) is 11.8 Å². The number of hydrazine groups is 1. The van der Waals surface area contributed by atoms with Gasteiger partial charge in [-0.15, -0.1) is 11.3 Å². The maximum Gasteiger partial charge on any atom is 0.171 e. The summed E-state index contributed by atoms with van der Waals surface area (Å²) >= 11 is 1.73. The molecule has 0 bridgehead atoms. The summed E-state index contributed by atoms with van der Waals surface area (Å²) in [4.78, 5) is 11.5. The van der Waals surface area contributed by atoms with Crippen LogP contribution in [0.5, 0.6) is 0 Å². The van der Waals surface area contributed by atoms with Crippen LogP contribution in [0.4, 0.5) is 5.82 Å². The van der Waals surface area contributed by atoms with Crippen molar-refractivity contribution in [2.24, 2.45) is 5.84 Å². The van der Waals surface area contributed by atoms with Crippen LogP contribution in [0.1, 0.15) is 38.3 Å². The Morgan fingerprint density at radius 3 is 2.53 bits per heavy atom. The second-order valence-corrected chi connectivity index (χ2v) is 6.64. The number of rotatable bonds is 3. The number of nitrogens with one attached hydrogen (secondary N) is 1. The SMILES string of the molecule is CCc1ccc(-c2nc(NN)cc(C(C)(C)C)n2)s1. The monoisotopic (exact) mass is 276 g/mol. The van der Waals surface area contributed by atoms with Crippen molar-refractivity contribution in [3.63, 3.8) is 0 Å². The van der Waals surface area contributed by atoms with Gasteiger partial charge in [0.05, 0.1) is 10.6 Å². The summed E-state index contributed by atoms with van der Waals surface area (Å²) in [6.45, 7) is 8.54. The first-order valence-corrected chi connectivity index (χ1v) is 7.21. The Labute approximate surface area is 118 Å². The summed E-state index contributed by atoms with van der Waals surface area (Å²) < 4.78 is 0. The predicted molar refractivity (Wildman–Crippen MR) is 81.2 cm³/mol. The van der Waals surface area contributed by atoms with Crippen LogP contribution in [0, 0.1) is 0 Å². The maximum absolute atomic E-state index is 5.50. The molecule has 0 amide bonds. The van der Waals surface area contributed by atoms with E-state index in [1.165, 1.54) is 4.88 Å². The van der Waals surface area contributed by atoms with E-state index in [-0.39, 0.29) is 5.41 Å². The molecule has 0 aliphatic carbocycles. The van der Waals surface area contributed by atoms with Gasteiger partial charge in [-0.05, 0) is 18.6 Å². The minimum atomic E-state index is -0.0336. The molecule has 0 spiro atoms. The third-order valence-electron chi connectivity index (χ3n) is 2.87. The van der Waals surface area contributed by atoms with Crippen LogP contribution in [0.15, 0.2) is 18.2 Å². The molecular formula is C14H20N4S. The van der Waals surface area contributed by atoms with Crippen LogP contribution in [0.2, 0.25) is 0 Å². The number of aromatic nitrogens is 2. The largest absolute Gasteiger partial charge is 0.308 e. The Balaban J connectivity index is 2.50. The Morgan fingerprint density at radius 2 is 2.00 bits per heavy atom. The van der Waals surface area contributed by atoms with E-state index < -0.39 is 0 Å². The average molecular weight is 276 g/mol. The number of aryl methyl sites for hydroxylation is 1. The minimum absolute atomic E-state index is 0.0336. The van der Waals surface area contributed by atoms with E-state index in [0.717, 1.165) is 22.8 Å². The predicted octanol–water partition coefficient (Wildman–Crippen LogP) is 3.35. The Morgan fingerprint density at radius 1 is 1.26 bits per heavy atom. The van der Waals surface area contributed by atoms with Gasteiger partial charge in [0.1, 0.15) is 5.82 Å². The molecule has 19 heavy (non-hydrogen) atoms. The van der Waals surface area contributed by atoms with Gasteiger partial charge in [0, 0.05) is 16.4 Å². The molecule has 0 atom stereocenters. The number of hydrogen-bond acceptors (Lipinski definition) is 5.